The van der Waals surface area contributed by atoms with Gasteiger partial charge in [-0.1, -0.05) is 139 Å². The van der Waals surface area contributed by atoms with E-state index in [0.29, 0.717) is 5.95 Å². The number of para-hydroxylation sites is 3. The third-order valence-corrected chi connectivity index (χ3v) is 13.8. The molecule has 0 saturated carbocycles. The van der Waals surface area contributed by atoms with Crippen LogP contribution < -0.4 is 0 Å². The lowest BCUT2D eigenvalue weighted by atomic mass is 9.97. The lowest BCUT2D eigenvalue weighted by Crippen LogP contribution is -2.08. The van der Waals surface area contributed by atoms with E-state index in [4.69, 9.17) is 9.97 Å². The van der Waals surface area contributed by atoms with Gasteiger partial charge in [0.05, 0.1) is 27.9 Å². The average Bonchev–Trinajstić information content (AvgIpc) is 3.92. The number of hydrogen-bond acceptors (Lipinski definition) is 4. The molecule has 0 unspecified atom stereocenters. The van der Waals surface area contributed by atoms with Crippen molar-refractivity contribution in [2.24, 2.45) is 0 Å². The van der Waals surface area contributed by atoms with Gasteiger partial charge in [0.1, 0.15) is 5.65 Å². The van der Waals surface area contributed by atoms with Gasteiger partial charge in [-0.3, -0.25) is 9.13 Å². The van der Waals surface area contributed by atoms with Crippen molar-refractivity contribution < 1.29 is 0 Å². The first kappa shape index (κ1) is 30.6. The third-order valence-electron chi connectivity index (χ3n) is 11.5. The summed E-state index contributed by atoms with van der Waals surface area (Å²) in [6.45, 7) is 0. The van der Waals surface area contributed by atoms with Crippen molar-refractivity contribution in [3.8, 4) is 34.0 Å². The maximum Gasteiger partial charge on any atom is 0.237 e. The van der Waals surface area contributed by atoms with Crippen LogP contribution in [0.4, 0.5) is 0 Å². The second kappa shape index (κ2) is 11.4. The van der Waals surface area contributed by atoms with Crippen LogP contribution in [0, 0.1) is 0 Å². The Hall–Kier alpha value is -6.73. The fourth-order valence-electron chi connectivity index (χ4n) is 9.11. The summed E-state index contributed by atoms with van der Waals surface area (Å²) in [5.41, 5.74) is 9.89. The van der Waals surface area contributed by atoms with Crippen LogP contribution in [-0.4, -0.2) is 19.1 Å². The maximum atomic E-state index is 5.63. The Morgan fingerprint density at radius 2 is 1.21 bits per heavy atom. The molecule has 0 N–H and O–H groups in total. The van der Waals surface area contributed by atoms with Crippen molar-refractivity contribution in [1.29, 1.82) is 0 Å². The number of fused-ring (bicyclic) bond motifs is 13. The highest BCUT2D eigenvalue weighted by atomic mass is 32.2. The first-order chi connectivity index (χ1) is 27.8. The van der Waals surface area contributed by atoms with E-state index in [2.05, 4.69) is 179 Å². The van der Waals surface area contributed by atoms with Crippen molar-refractivity contribution in [2.75, 3.05) is 0 Å². The monoisotopic (exact) mass is 748 g/mol. The highest BCUT2D eigenvalue weighted by molar-refractivity contribution is 7.99. The number of aromatic nitrogens is 4. The number of thiophene rings is 1. The second-order valence-corrected chi connectivity index (χ2v) is 16.7. The largest absolute Gasteiger partial charge is 0.293 e. The third kappa shape index (κ3) is 4.14. The molecule has 0 fully saturated rings. The molecule has 1 aliphatic heterocycles. The Morgan fingerprint density at radius 1 is 0.482 bits per heavy atom. The molecular weight excluding hydrogens is 721 g/mol. The van der Waals surface area contributed by atoms with E-state index in [-0.39, 0.29) is 0 Å². The summed E-state index contributed by atoms with van der Waals surface area (Å²) in [5, 5.41) is 9.55. The molecule has 1 aliphatic rings. The Labute approximate surface area is 328 Å². The molecule has 0 amide bonds. The summed E-state index contributed by atoms with van der Waals surface area (Å²) in [5.74, 6) is 0.656. The smallest absolute Gasteiger partial charge is 0.237 e. The summed E-state index contributed by atoms with van der Waals surface area (Å²) in [4.78, 5) is 13.7. The van der Waals surface area contributed by atoms with Crippen molar-refractivity contribution >= 4 is 97.8 Å². The van der Waals surface area contributed by atoms with Gasteiger partial charge < -0.3 is 0 Å². The highest BCUT2D eigenvalue weighted by Crippen LogP contribution is 2.49. The van der Waals surface area contributed by atoms with Gasteiger partial charge in [-0.2, -0.15) is 0 Å². The van der Waals surface area contributed by atoms with Crippen molar-refractivity contribution in [1.82, 2.24) is 19.1 Å². The van der Waals surface area contributed by atoms with Crippen molar-refractivity contribution in [3.63, 3.8) is 0 Å². The number of nitrogens with zero attached hydrogens (tertiary/aromatic N) is 4. The number of benzene rings is 8. The molecule has 4 nitrogen and oxygen atoms in total. The summed E-state index contributed by atoms with van der Waals surface area (Å²) >= 11 is 3.71. The molecule has 13 rings (SSSR count). The van der Waals surface area contributed by atoms with Gasteiger partial charge in [-0.05, 0) is 59.0 Å². The van der Waals surface area contributed by atoms with Gasteiger partial charge in [0.25, 0.3) is 0 Å². The summed E-state index contributed by atoms with van der Waals surface area (Å²) in [6.07, 6.45) is 0. The molecular formula is C50H28N4S2. The van der Waals surface area contributed by atoms with Gasteiger partial charge in [0.2, 0.25) is 5.95 Å². The molecule has 0 spiro atoms. The molecule has 260 valence electrons. The molecule has 6 heteroatoms. The molecule has 0 aliphatic carbocycles. The highest BCUT2D eigenvalue weighted by Gasteiger charge is 2.29. The molecule has 0 atom stereocenters. The minimum atomic E-state index is 0.656. The van der Waals surface area contributed by atoms with E-state index >= 15 is 0 Å². The zero-order chi connectivity index (χ0) is 36.5. The van der Waals surface area contributed by atoms with Gasteiger partial charge in [0, 0.05) is 62.5 Å². The first-order valence-electron chi connectivity index (χ1n) is 18.8. The Morgan fingerprint density at radius 3 is 2.18 bits per heavy atom. The molecule has 4 aromatic heterocycles. The zero-order valence-electron chi connectivity index (χ0n) is 29.8. The summed E-state index contributed by atoms with van der Waals surface area (Å²) < 4.78 is 7.38. The van der Waals surface area contributed by atoms with Crippen molar-refractivity contribution in [2.45, 2.75) is 9.79 Å². The molecule has 0 radical (unpaired) electrons. The molecule has 56 heavy (non-hydrogen) atoms. The van der Waals surface area contributed by atoms with Crippen LogP contribution in [0.15, 0.2) is 180 Å². The molecule has 12 aromatic rings. The lowest BCUT2D eigenvalue weighted by molar-refractivity contribution is 0.964. The molecule has 0 saturated heterocycles. The fourth-order valence-corrected chi connectivity index (χ4v) is 11.4. The van der Waals surface area contributed by atoms with E-state index in [1.165, 1.54) is 68.5 Å². The maximum absolute atomic E-state index is 5.63. The SMILES string of the molecule is c1cc(-c2nc(-n3c4ccccc4c4c5cccc6c5n(c43)-c3ccccc3S6)nc3c2ccc2ccccc23)cc(-c2cccc3c2sc2ccccc23)c1. The lowest BCUT2D eigenvalue weighted by Gasteiger charge is -2.21. The van der Waals surface area contributed by atoms with Crippen LogP contribution in [0.5, 0.6) is 0 Å². The molecule has 0 bridgehead atoms. The van der Waals surface area contributed by atoms with E-state index in [1.54, 1.807) is 0 Å². The number of hydrogen-bond donors (Lipinski definition) is 0. The minimum Gasteiger partial charge on any atom is -0.293 e. The Kier molecular flexibility index (Phi) is 6.23. The number of rotatable bonds is 3. The van der Waals surface area contributed by atoms with E-state index in [9.17, 15) is 0 Å². The summed E-state index contributed by atoms with van der Waals surface area (Å²) in [6, 6.07) is 61.5. The normalized spacial score (nSPS) is 12.6. The van der Waals surface area contributed by atoms with Crippen LogP contribution in [0.25, 0.3) is 109 Å². The topological polar surface area (TPSA) is 35.6 Å². The van der Waals surface area contributed by atoms with Crippen LogP contribution in [0.3, 0.4) is 0 Å². The van der Waals surface area contributed by atoms with Crippen LogP contribution in [-0.2, 0) is 0 Å². The van der Waals surface area contributed by atoms with Crippen LogP contribution in [0.2, 0.25) is 0 Å². The quantitative estimate of drug-likeness (QED) is 0.169. The average molecular weight is 749 g/mol. The Balaban J connectivity index is 1.14. The van der Waals surface area contributed by atoms with E-state index in [1.807, 2.05) is 23.1 Å². The second-order valence-electron chi connectivity index (χ2n) is 14.5. The first-order valence-corrected chi connectivity index (χ1v) is 20.5. The zero-order valence-corrected chi connectivity index (χ0v) is 31.4. The van der Waals surface area contributed by atoms with Crippen LogP contribution >= 0.6 is 23.1 Å². The predicted molar refractivity (Wildman–Crippen MR) is 236 cm³/mol. The fraction of sp³-hybridized carbons (Fsp3) is 0. The Bertz CT molecular complexity index is 3640. The van der Waals surface area contributed by atoms with E-state index < -0.39 is 0 Å². The van der Waals surface area contributed by atoms with Crippen molar-refractivity contribution in [3.05, 3.63) is 170 Å². The van der Waals surface area contributed by atoms with Crippen LogP contribution in [0.1, 0.15) is 0 Å². The van der Waals surface area contributed by atoms with E-state index in [0.717, 1.165) is 44.1 Å². The van der Waals surface area contributed by atoms with Gasteiger partial charge in [-0.25, -0.2) is 9.97 Å². The molecule has 5 heterocycles. The minimum absolute atomic E-state index is 0.656. The standard InChI is InChI=1S/C50H28N4S2/c1-2-15-32-29(12-1)26-27-38-45(31-14-9-13-30(28-31)33-18-10-19-35-34-16-4-7-23-41(34)56-48(33)35)51-50(52-46(32)38)54-39-21-5-3-17-36(39)44-37-20-11-25-43-47(37)53(49(44)54)40-22-6-8-24-42(40)55-43/h1-28H. The summed E-state index contributed by atoms with van der Waals surface area (Å²) in [7, 11) is 0. The van der Waals surface area contributed by atoms with Gasteiger partial charge >= 0.3 is 0 Å². The predicted octanol–water partition coefficient (Wildman–Crippen LogP) is 14.0. The molecule has 8 aromatic carbocycles. The van der Waals surface area contributed by atoms with Gasteiger partial charge in [0.15, 0.2) is 0 Å². The van der Waals surface area contributed by atoms with Gasteiger partial charge in [-0.15, -0.1) is 11.3 Å².